The van der Waals surface area contributed by atoms with Gasteiger partial charge in [-0.1, -0.05) is 0 Å². The number of Topliss-reactive ketones (excluding diaryl/α,β-unsaturated/α-hetero) is 1. The fourth-order valence-corrected chi connectivity index (χ4v) is 0.913. The number of halogens is 4. The van der Waals surface area contributed by atoms with Gasteiger partial charge in [0.25, 0.3) is 0 Å². The average molecular weight is 207 g/mol. The zero-order valence-corrected chi connectivity index (χ0v) is 7.02. The van der Waals surface area contributed by atoms with Gasteiger partial charge in [0.05, 0.1) is 5.56 Å². The van der Waals surface area contributed by atoms with Crippen LogP contribution in [-0.4, -0.2) is 10.8 Å². The normalized spacial score (nSPS) is 11.5. The smallest absolute Gasteiger partial charge is 0.294 e. The number of nitrogens with zero attached hydrogens (tertiary/aromatic N) is 1. The maximum atomic E-state index is 13.0. The van der Waals surface area contributed by atoms with Gasteiger partial charge in [-0.05, 0) is 13.0 Å². The zero-order chi connectivity index (χ0) is 10.9. The summed E-state index contributed by atoms with van der Waals surface area (Å²) in [6.45, 7) is 0.985. The Morgan fingerprint density at radius 3 is 2.43 bits per heavy atom. The first-order valence-electron chi connectivity index (χ1n) is 3.56. The second-order valence-electron chi connectivity index (χ2n) is 2.58. The van der Waals surface area contributed by atoms with Crippen molar-refractivity contribution in [2.75, 3.05) is 0 Å². The van der Waals surface area contributed by atoms with Gasteiger partial charge < -0.3 is 0 Å². The first kappa shape index (κ1) is 10.6. The molecular formula is C8H5F4NO. The highest BCUT2D eigenvalue weighted by molar-refractivity contribution is 5.94. The summed E-state index contributed by atoms with van der Waals surface area (Å²) in [6, 6.07) is 0.910. The lowest BCUT2D eigenvalue weighted by molar-refractivity contribution is -0.143. The highest BCUT2D eigenvalue weighted by Crippen LogP contribution is 2.30. The Balaban J connectivity index is 3.35. The first-order valence-corrected chi connectivity index (χ1v) is 3.56. The summed E-state index contributed by atoms with van der Waals surface area (Å²) in [6.07, 6.45) is -4.13. The van der Waals surface area contributed by atoms with E-state index in [4.69, 9.17) is 0 Å². The quantitative estimate of drug-likeness (QED) is 0.523. The number of alkyl halides is 3. The molecule has 6 heteroatoms. The van der Waals surface area contributed by atoms with Gasteiger partial charge in [0, 0.05) is 6.20 Å². The molecule has 0 aromatic carbocycles. The van der Waals surface area contributed by atoms with E-state index in [0.29, 0.717) is 0 Å². The Bertz CT molecular complexity index is 372. The van der Waals surface area contributed by atoms with E-state index in [2.05, 4.69) is 4.98 Å². The lowest BCUT2D eigenvalue weighted by atomic mass is 10.1. The number of carbonyl (C=O) groups excluding carboxylic acids is 1. The third-order valence-electron chi connectivity index (χ3n) is 1.54. The predicted molar refractivity (Wildman–Crippen MR) is 39.2 cm³/mol. The fourth-order valence-electron chi connectivity index (χ4n) is 0.913. The van der Waals surface area contributed by atoms with E-state index in [9.17, 15) is 22.4 Å². The molecule has 0 saturated carbocycles. The van der Waals surface area contributed by atoms with Crippen LogP contribution in [0.3, 0.4) is 0 Å². The maximum absolute atomic E-state index is 13.0. The molecule has 1 heterocycles. The SMILES string of the molecule is CC(=O)c1ccnc(C(F)(F)F)c1F. The minimum absolute atomic E-state index is 0.604. The van der Waals surface area contributed by atoms with Gasteiger partial charge in [-0.15, -0.1) is 0 Å². The van der Waals surface area contributed by atoms with Gasteiger partial charge in [-0.25, -0.2) is 9.37 Å². The van der Waals surface area contributed by atoms with E-state index in [1.807, 2.05) is 0 Å². The second-order valence-corrected chi connectivity index (χ2v) is 2.58. The Kier molecular flexibility index (Phi) is 2.55. The lowest BCUT2D eigenvalue weighted by Gasteiger charge is -2.07. The van der Waals surface area contributed by atoms with Gasteiger partial charge in [-0.2, -0.15) is 13.2 Å². The molecule has 1 rings (SSSR count). The topological polar surface area (TPSA) is 30.0 Å². The molecule has 0 aliphatic rings. The van der Waals surface area contributed by atoms with Crippen LogP contribution in [-0.2, 0) is 6.18 Å². The minimum atomic E-state index is -4.88. The van der Waals surface area contributed by atoms with Crippen molar-refractivity contribution in [2.24, 2.45) is 0 Å². The van der Waals surface area contributed by atoms with Crippen LogP contribution in [0.5, 0.6) is 0 Å². The van der Waals surface area contributed by atoms with Gasteiger partial charge >= 0.3 is 6.18 Å². The highest BCUT2D eigenvalue weighted by Gasteiger charge is 2.37. The molecule has 1 aromatic heterocycles. The average Bonchev–Trinajstić information content (AvgIpc) is 2.01. The summed E-state index contributed by atoms with van der Waals surface area (Å²) in [7, 11) is 0. The van der Waals surface area contributed by atoms with Crippen LogP contribution in [0, 0.1) is 5.82 Å². The van der Waals surface area contributed by atoms with Crippen molar-refractivity contribution in [1.29, 1.82) is 0 Å². The van der Waals surface area contributed by atoms with E-state index in [1.165, 1.54) is 0 Å². The number of pyridine rings is 1. The molecule has 14 heavy (non-hydrogen) atoms. The van der Waals surface area contributed by atoms with Crippen molar-refractivity contribution in [3.63, 3.8) is 0 Å². The van der Waals surface area contributed by atoms with Crippen LogP contribution < -0.4 is 0 Å². The van der Waals surface area contributed by atoms with Crippen LogP contribution >= 0.6 is 0 Å². The van der Waals surface area contributed by atoms with Gasteiger partial charge in [0.2, 0.25) is 0 Å². The van der Waals surface area contributed by atoms with Crippen LogP contribution in [0.15, 0.2) is 12.3 Å². The fraction of sp³-hybridized carbons (Fsp3) is 0.250. The van der Waals surface area contributed by atoms with Crippen molar-refractivity contribution >= 4 is 5.78 Å². The number of aromatic nitrogens is 1. The highest BCUT2D eigenvalue weighted by atomic mass is 19.4. The van der Waals surface area contributed by atoms with Crippen molar-refractivity contribution < 1.29 is 22.4 Å². The van der Waals surface area contributed by atoms with Gasteiger partial charge in [-0.3, -0.25) is 4.79 Å². The lowest BCUT2D eigenvalue weighted by Crippen LogP contribution is -2.13. The molecule has 0 aliphatic heterocycles. The molecule has 1 aromatic rings. The zero-order valence-electron chi connectivity index (χ0n) is 7.02. The number of ketones is 1. The number of rotatable bonds is 1. The Hall–Kier alpha value is -1.46. The van der Waals surface area contributed by atoms with E-state index in [0.717, 1.165) is 19.2 Å². The van der Waals surface area contributed by atoms with Gasteiger partial charge in [0.15, 0.2) is 17.3 Å². The third-order valence-corrected chi connectivity index (χ3v) is 1.54. The Morgan fingerprint density at radius 1 is 1.43 bits per heavy atom. The summed E-state index contributed by atoms with van der Waals surface area (Å²) in [5, 5.41) is 0. The van der Waals surface area contributed by atoms with Crippen molar-refractivity contribution in [3.05, 3.63) is 29.3 Å². The molecular weight excluding hydrogens is 202 g/mol. The summed E-state index contributed by atoms with van der Waals surface area (Å²) in [4.78, 5) is 13.6. The predicted octanol–water partition coefficient (Wildman–Crippen LogP) is 2.44. The Morgan fingerprint density at radius 2 is 2.00 bits per heavy atom. The molecule has 76 valence electrons. The monoisotopic (exact) mass is 207 g/mol. The van der Waals surface area contributed by atoms with E-state index < -0.39 is 29.0 Å². The van der Waals surface area contributed by atoms with Crippen molar-refractivity contribution in [3.8, 4) is 0 Å². The summed E-state index contributed by atoms with van der Waals surface area (Å²) in [5.74, 6) is -2.39. The summed E-state index contributed by atoms with van der Waals surface area (Å²) >= 11 is 0. The molecule has 0 amide bonds. The van der Waals surface area contributed by atoms with Crippen molar-refractivity contribution in [2.45, 2.75) is 13.1 Å². The Labute approximate surface area is 76.6 Å². The molecule has 0 bridgehead atoms. The standard InChI is InChI=1S/C8H5F4NO/c1-4(14)5-2-3-13-7(6(5)9)8(10,11)12/h2-3H,1H3. The molecule has 0 spiro atoms. The van der Waals surface area contributed by atoms with E-state index in [1.54, 1.807) is 0 Å². The molecule has 0 fully saturated rings. The molecule has 0 saturated heterocycles. The van der Waals surface area contributed by atoms with Crippen LogP contribution in [0.25, 0.3) is 0 Å². The maximum Gasteiger partial charge on any atom is 0.436 e. The summed E-state index contributed by atoms with van der Waals surface area (Å²) in [5.41, 5.74) is -2.27. The molecule has 0 unspecified atom stereocenters. The van der Waals surface area contributed by atoms with Crippen LogP contribution in [0.2, 0.25) is 0 Å². The molecule has 0 aliphatic carbocycles. The van der Waals surface area contributed by atoms with Gasteiger partial charge in [0.1, 0.15) is 0 Å². The molecule has 0 N–H and O–H groups in total. The number of carbonyl (C=O) groups is 1. The van der Waals surface area contributed by atoms with Crippen LogP contribution in [0.4, 0.5) is 17.6 Å². The molecule has 0 atom stereocenters. The number of hydrogen-bond acceptors (Lipinski definition) is 2. The first-order chi connectivity index (χ1) is 6.34. The number of hydrogen-bond donors (Lipinski definition) is 0. The molecule has 2 nitrogen and oxygen atoms in total. The largest absolute Gasteiger partial charge is 0.436 e. The van der Waals surface area contributed by atoms with E-state index >= 15 is 0 Å². The third kappa shape index (κ3) is 1.89. The van der Waals surface area contributed by atoms with Crippen LogP contribution in [0.1, 0.15) is 23.0 Å². The van der Waals surface area contributed by atoms with Crippen molar-refractivity contribution in [1.82, 2.24) is 4.98 Å². The molecule has 0 radical (unpaired) electrons. The summed E-state index contributed by atoms with van der Waals surface area (Å²) < 4.78 is 49.3. The second kappa shape index (κ2) is 3.36. The van der Waals surface area contributed by atoms with E-state index in [-0.39, 0.29) is 0 Å². The minimum Gasteiger partial charge on any atom is -0.294 e.